The molecule has 2 aliphatic rings. The number of carbonyl (C=O) groups is 2. The Morgan fingerprint density at radius 2 is 1.85 bits per heavy atom. The normalized spacial score (nSPS) is 30.8. The van der Waals surface area contributed by atoms with Crippen LogP contribution in [0.4, 0.5) is 13.2 Å². The fraction of sp³-hybridized carbons (Fsp3) is 0.846. The molecule has 2 fully saturated rings. The highest BCUT2D eigenvalue weighted by molar-refractivity contribution is 5.82. The molecule has 1 N–H and O–H groups in total. The fourth-order valence-electron chi connectivity index (χ4n) is 3.82. The smallest absolute Gasteiger partial charge is 0.471 e. The number of aliphatic carboxylic acids is 1. The maximum Gasteiger partial charge on any atom is 0.471 e. The van der Waals surface area contributed by atoms with Gasteiger partial charge in [0.15, 0.2) is 0 Å². The van der Waals surface area contributed by atoms with E-state index in [2.05, 4.69) is 0 Å². The van der Waals surface area contributed by atoms with Gasteiger partial charge in [-0.15, -0.1) is 0 Å². The summed E-state index contributed by atoms with van der Waals surface area (Å²) in [6, 6.07) is -0.588. The highest BCUT2D eigenvalue weighted by Gasteiger charge is 2.53. The molecule has 114 valence electrons. The SMILES string of the molecule is O=C(O)C[C@]12CCCC[C@H]1N(C(=O)C(F)(F)F)CCC2. The first-order valence-electron chi connectivity index (χ1n) is 6.86. The molecular weight excluding hydrogens is 275 g/mol. The van der Waals surface area contributed by atoms with Crippen LogP contribution in [0, 0.1) is 5.41 Å². The number of carboxylic acid groups (broad SMARTS) is 1. The molecule has 7 heteroatoms. The number of amides is 1. The molecule has 1 saturated heterocycles. The molecule has 1 heterocycles. The van der Waals surface area contributed by atoms with Crippen molar-refractivity contribution in [3.8, 4) is 0 Å². The molecule has 0 aromatic rings. The van der Waals surface area contributed by atoms with Crippen molar-refractivity contribution in [2.75, 3.05) is 6.54 Å². The molecule has 2 rings (SSSR count). The predicted octanol–water partition coefficient (Wildman–Crippen LogP) is 2.57. The average Bonchev–Trinajstić information content (AvgIpc) is 2.34. The molecule has 1 amide bonds. The first-order valence-corrected chi connectivity index (χ1v) is 6.86. The Kier molecular flexibility index (Phi) is 3.97. The molecule has 1 saturated carbocycles. The zero-order valence-corrected chi connectivity index (χ0v) is 11.1. The summed E-state index contributed by atoms with van der Waals surface area (Å²) in [6.07, 6.45) is -1.40. The van der Waals surface area contributed by atoms with Gasteiger partial charge in [0.25, 0.3) is 0 Å². The highest BCUT2D eigenvalue weighted by atomic mass is 19.4. The van der Waals surface area contributed by atoms with Crippen molar-refractivity contribution in [2.45, 2.75) is 57.2 Å². The summed E-state index contributed by atoms with van der Waals surface area (Å²) in [7, 11) is 0. The fourth-order valence-corrected chi connectivity index (χ4v) is 3.82. The molecule has 1 aliphatic carbocycles. The van der Waals surface area contributed by atoms with Crippen LogP contribution in [0.25, 0.3) is 0 Å². The van der Waals surface area contributed by atoms with Crippen LogP contribution in [0.1, 0.15) is 44.9 Å². The summed E-state index contributed by atoms with van der Waals surface area (Å²) in [5.41, 5.74) is -0.677. The van der Waals surface area contributed by atoms with Gasteiger partial charge in [-0.1, -0.05) is 12.8 Å². The summed E-state index contributed by atoms with van der Waals surface area (Å²) in [4.78, 5) is 23.5. The molecule has 0 unspecified atom stereocenters. The molecule has 4 nitrogen and oxygen atoms in total. The van der Waals surface area contributed by atoms with Gasteiger partial charge in [0.05, 0.1) is 6.42 Å². The van der Waals surface area contributed by atoms with E-state index < -0.39 is 29.5 Å². The largest absolute Gasteiger partial charge is 0.481 e. The van der Waals surface area contributed by atoms with Gasteiger partial charge in [-0.2, -0.15) is 13.2 Å². The van der Waals surface area contributed by atoms with Gasteiger partial charge in [-0.3, -0.25) is 9.59 Å². The summed E-state index contributed by atoms with van der Waals surface area (Å²) in [5.74, 6) is -2.82. The average molecular weight is 293 g/mol. The molecule has 0 radical (unpaired) electrons. The van der Waals surface area contributed by atoms with Crippen LogP contribution in [0.5, 0.6) is 0 Å². The van der Waals surface area contributed by atoms with Gasteiger partial charge in [0.2, 0.25) is 0 Å². The zero-order valence-electron chi connectivity index (χ0n) is 11.1. The third-order valence-corrected chi connectivity index (χ3v) is 4.57. The summed E-state index contributed by atoms with van der Waals surface area (Å²) in [5, 5.41) is 9.06. The monoisotopic (exact) mass is 293 g/mol. The minimum absolute atomic E-state index is 0.0738. The second-order valence-corrected chi connectivity index (χ2v) is 5.79. The Morgan fingerprint density at radius 1 is 1.20 bits per heavy atom. The Balaban J connectivity index is 2.27. The van der Waals surface area contributed by atoms with Gasteiger partial charge in [-0.05, 0) is 25.7 Å². The molecule has 1 aliphatic heterocycles. The molecule has 0 aromatic carbocycles. The number of carboxylic acids is 1. The minimum Gasteiger partial charge on any atom is -0.481 e. The van der Waals surface area contributed by atoms with Crippen LogP contribution in [-0.4, -0.2) is 40.6 Å². The van der Waals surface area contributed by atoms with Crippen molar-refractivity contribution in [1.29, 1.82) is 0 Å². The van der Waals surface area contributed by atoms with E-state index in [1.54, 1.807) is 0 Å². The van der Waals surface area contributed by atoms with Crippen LogP contribution >= 0.6 is 0 Å². The second-order valence-electron chi connectivity index (χ2n) is 5.79. The third-order valence-electron chi connectivity index (χ3n) is 4.57. The minimum atomic E-state index is -4.89. The number of piperidine rings is 1. The summed E-state index contributed by atoms with van der Waals surface area (Å²) in [6.45, 7) is 0.0738. The van der Waals surface area contributed by atoms with Crippen LogP contribution in [0.3, 0.4) is 0 Å². The van der Waals surface area contributed by atoms with Gasteiger partial charge in [0.1, 0.15) is 0 Å². The van der Waals surface area contributed by atoms with E-state index in [1.165, 1.54) is 0 Å². The first-order chi connectivity index (χ1) is 9.26. The quantitative estimate of drug-likeness (QED) is 0.851. The Hall–Kier alpha value is -1.27. The van der Waals surface area contributed by atoms with Crippen LogP contribution in [0.2, 0.25) is 0 Å². The van der Waals surface area contributed by atoms with Crippen molar-refractivity contribution in [1.82, 2.24) is 4.90 Å². The standard InChI is InChI=1S/C13H18F3NO3/c14-13(15,16)11(20)17-7-3-6-12(8-10(18)19)5-2-1-4-9(12)17/h9H,1-8H2,(H,18,19)/t9-,12-/m1/s1. The molecule has 0 bridgehead atoms. The lowest BCUT2D eigenvalue weighted by atomic mass is 9.63. The van der Waals surface area contributed by atoms with E-state index in [4.69, 9.17) is 5.11 Å². The van der Waals surface area contributed by atoms with E-state index in [0.29, 0.717) is 25.7 Å². The van der Waals surface area contributed by atoms with E-state index in [1.807, 2.05) is 0 Å². The number of alkyl halides is 3. The van der Waals surface area contributed by atoms with Crippen LogP contribution < -0.4 is 0 Å². The van der Waals surface area contributed by atoms with Crippen molar-refractivity contribution < 1.29 is 27.9 Å². The Labute approximate surface area is 114 Å². The van der Waals surface area contributed by atoms with Crippen LogP contribution in [-0.2, 0) is 9.59 Å². The van der Waals surface area contributed by atoms with Crippen molar-refractivity contribution in [3.05, 3.63) is 0 Å². The van der Waals surface area contributed by atoms with Gasteiger partial charge in [-0.25, -0.2) is 0 Å². The third kappa shape index (κ3) is 2.76. The number of hydrogen-bond acceptors (Lipinski definition) is 2. The number of fused-ring (bicyclic) bond motifs is 1. The lowest BCUT2D eigenvalue weighted by Crippen LogP contribution is -2.59. The van der Waals surface area contributed by atoms with E-state index >= 15 is 0 Å². The number of carbonyl (C=O) groups excluding carboxylic acids is 1. The van der Waals surface area contributed by atoms with Crippen LogP contribution in [0.15, 0.2) is 0 Å². The zero-order chi connectivity index (χ0) is 15.0. The number of likely N-dealkylation sites (tertiary alicyclic amines) is 1. The van der Waals surface area contributed by atoms with Gasteiger partial charge >= 0.3 is 18.1 Å². The predicted molar refractivity (Wildman–Crippen MR) is 63.9 cm³/mol. The molecule has 20 heavy (non-hydrogen) atoms. The summed E-state index contributed by atoms with van der Waals surface area (Å²) < 4.78 is 38.0. The number of rotatable bonds is 2. The lowest BCUT2D eigenvalue weighted by Gasteiger charge is -2.52. The Morgan fingerprint density at radius 3 is 2.45 bits per heavy atom. The number of halogens is 3. The number of nitrogens with zero attached hydrogens (tertiary/aromatic N) is 1. The highest BCUT2D eigenvalue weighted by Crippen LogP contribution is 2.49. The van der Waals surface area contributed by atoms with E-state index in [-0.39, 0.29) is 13.0 Å². The first kappa shape index (κ1) is 15.1. The second kappa shape index (κ2) is 5.26. The molecule has 0 spiro atoms. The molecule has 0 aromatic heterocycles. The molecule has 2 atom stereocenters. The van der Waals surface area contributed by atoms with E-state index in [0.717, 1.165) is 17.7 Å². The Bertz CT molecular complexity index is 406. The van der Waals surface area contributed by atoms with Crippen molar-refractivity contribution >= 4 is 11.9 Å². The van der Waals surface area contributed by atoms with Gasteiger partial charge in [0, 0.05) is 18.0 Å². The van der Waals surface area contributed by atoms with Crippen molar-refractivity contribution in [3.63, 3.8) is 0 Å². The maximum absolute atomic E-state index is 12.7. The number of hydrogen-bond donors (Lipinski definition) is 1. The van der Waals surface area contributed by atoms with Gasteiger partial charge < -0.3 is 10.0 Å². The lowest BCUT2D eigenvalue weighted by molar-refractivity contribution is -0.195. The van der Waals surface area contributed by atoms with Crippen molar-refractivity contribution in [2.24, 2.45) is 5.41 Å². The topological polar surface area (TPSA) is 57.6 Å². The summed E-state index contributed by atoms with van der Waals surface area (Å²) >= 11 is 0. The maximum atomic E-state index is 12.7. The molecular formula is C13H18F3NO3. The van der Waals surface area contributed by atoms with E-state index in [9.17, 15) is 22.8 Å².